The summed E-state index contributed by atoms with van der Waals surface area (Å²) >= 11 is 3.57. The lowest BCUT2D eigenvalue weighted by atomic mass is 9.96. The van der Waals surface area contributed by atoms with Gasteiger partial charge in [0.05, 0.1) is 5.75 Å². The van der Waals surface area contributed by atoms with E-state index in [1.807, 2.05) is 18.2 Å². The Hall–Kier alpha value is -0.460. The zero-order valence-electron chi connectivity index (χ0n) is 10.8. The summed E-state index contributed by atoms with van der Waals surface area (Å²) in [6, 6.07) is 5.66. The van der Waals surface area contributed by atoms with E-state index in [4.69, 9.17) is 0 Å². The summed E-state index contributed by atoms with van der Waals surface area (Å²) in [5.41, 5.74) is 0.817. The van der Waals surface area contributed by atoms with Crippen LogP contribution in [0.4, 0.5) is 0 Å². The SMILES string of the molecule is O=S(=O)(CCc1ccccn1)NC1CCC(Br)CC1. The Kier molecular flexibility index (Phi) is 5.36. The van der Waals surface area contributed by atoms with Gasteiger partial charge in [0.1, 0.15) is 0 Å². The molecule has 1 saturated carbocycles. The van der Waals surface area contributed by atoms with E-state index in [1.165, 1.54) is 0 Å². The van der Waals surface area contributed by atoms with Gasteiger partial charge in [-0.05, 0) is 37.8 Å². The van der Waals surface area contributed by atoms with Gasteiger partial charge in [-0.25, -0.2) is 13.1 Å². The first-order valence-corrected chi connectivity index (χ1v) is 9.16. The quantitative estimate of drug-likeness (QED) is 0.831. The van der Waals surface area contributed by atoms with Gasteiger partial charge >= 0.3 is 0 Å². The van der Waals surface area contributed by atoms with Crippen LogP contribution in [0.3, 0.4) is 0 Å². The number of sulfonamides is 1. The highest BCUT2D eigenvalue weighted by atomic mass is 79.9. The van der Waals surface area contributed by atoms with Gasteiger partial charge in [0.15, 0.2) is 0 Å². The van der Waals surface area contributed by atoms with Crippen LogP contribution in [-0.2, 0) is 16.4 Å². The first kappa shape index (κ1) is 14.9. The van der Waals surface area contributed by atoms with E-state index in [2.05, 4.69) is 25.6 Å². The van der Waals surface area contributed by atoms with Gasteiger partial charge in [0, 0.05) is 29.2 Å². The van der Waals surface area contributed by atoms with Crippen molar-refractivity contribution in [1.82, 2.24) is 9.71 Å². The molecular weight excluding hydrogens is 328 g/mol. The number of hydrogen-bond donors (Lipinski definition) is 1. The van der Waals surface area contributed by atoms with Gasteiger partial charge in [-0.15, -0.1) is 0 Å². The summed E-state index contributed by atoms with van der Waals surface area (Å²) in [6.45, 7) is 0. The minimum atomic E-state index is -3.20. The molecule has 6 heteroatoms. The Morgan fingerprint density at radius 2 is 2.00 bits per heavy atom. The minimum Gasteiger partial charge on any atom is -0.261 e. The van der Waals surface area contributed by atoms with Crippen molar-refractivity contribution >= 4 is 26.0 Å². The fourth-order valence-corrected chi connectivity index (χ4v) is 4.14. The molecule has 0 aromatic carbocycles. The maximum Gasteiger partial charge on any atom is 0.212 e. The smallest absolute Gasteiger partial charge is 0.212 e. The van der Waals surface area contributed by atoms with Crippen LogP contribution in [0.15, 0.2) is 24.4 Å². The Bertz CT molecular complexity index is 485. The number of aryl methyl sites for hydroxylation is 1. The molecule has 1 fully saturated rings. The maximum atomic E-state index is 12.0. The Balaban J connectivity index is 1.82. The topological polar surface area (TPSA) is 59.1 Å². The first-order valence-electron chi connectivity index (χ1n) is 6.59. The van der Waals surface area contributed by atoms with Crippen LogP contribution in [0.2, 0.25) is 0 Å². The molecule has 1 aromatic rings. The van der Waals surface area contributed by atoms with Gasteiger partial charge in [0.2, 0.25) is 10.0 Å². The molecule has 19 heavy (non-hydrogen) atoms. The van der Waals surface area contributed by atoms with Gasteiger partial charge in [-0.3, -0.25) is 4.98 Å². The van der Waals surface area contributed by atoms with Gasteiger partial charge in [-0.2, -0.15) is 0 Å². The van der Waals surface area contributed by atoms with Crippen LogP contribution in [0.5, 0.6) is 0 Å². The molecule has 1 N–H and O–H groups in total. The van der Waals surface area contributed by atoms with Gasteiger partial charge in [-0.1, -0.05) is 22.0 Å². The van der Waals surface area contributed by atoms with Crippen molar-refractivity contribution in [3.63, 3.8) is 0 Å². The van der Waals surface area contributed by atoms with E-state index in [0.29, 0.717) is 11.2 Å². The molecule has 1 heterocycles. The van der Waals surface area contributed by atoms with E-state index in [1.54, 1.807) is 6.20 Å². The molecule has 0 spiro atoms. The van der Waals surface area contributed by atoms with Crippen LogP contribution < -0.4 is 4.72 Å². The number of alkyl halides is 1. The molecule has 0 unspecified atom stereocenters. The summed E-state index contributed by atoms with van der Waals surface area (Å²) in [7, 11) is -3.20. The number of nitrogens with zero attached hydrogens (tertiary/aromatic N) is 1. The van der Waals surface area contributed by atoms with Gasteiger partial charge in [0.25, 0.3) is 0 Å². The van der Waals surface area contributed by atoms with E-state index in [9.17, 15) is 8.42 Å². The van der Waals surface area contributed by atoms with Crippen molar-refractivity contribution < 1.29 is 8.42 Å². The van der Waals surface area contributed by atoms with Crippen molar-refractivity contribution in [2.24, 2.45) is 0 Å². The van der Waals surface area contributed by atoms with E-state index in [0.717, 1.165) is 31.4 Å². The molecule has 0 atom stereocenters. The van der Waals surface area contributed by atoms with Gasteiger partial charge < -0.3 is 0 Å². The molecule has 0 amide bonds. The molecule has 4 nitrogen and oxygen atoms in total. The number of rotatable bonds is 5. The van der Waals surface area contributed by atoms with Crippen LogP contribution >= 0.6 is 15.9 Å². The number of halogens is 1. The Morgan fingerprint density at radius 1 is 1.26 bits per heavy atom. The maximum absolute atomic E-state index is 12.0. The molecule has 0 radical (unpaired) electrons. The number of pyridine rings is 1. The third-order valence-corrected chi connectivity index (χ3v) is 5.71. The summed E-state index contributed by atoms with van der Waals surface area (Å²) in [6.07, 6.45) is 6.05. The zero-order chi connectivity index (χ0) is 13.7. The highest BCUT2D eigenvalue weighted by Crippen LogP contribution is 2.24. The molecule has 2 rings (SSSR count). The predicted octanol–water partition coefficient (Wildman–Crippen LogP) is 2.25. The summed E-state index contributed by atoms with van der Waals surface area (Å²) in [5.74, 6) is 0.109. The van der Waals surface area contributed by atoms with Crippen molar-refractivity contribution in [2.45, 2.75) is 43.0 Å². The normalized spacial score (nSPS) is 24.3. The highest BCUT2D eigenvalue weighted by Gasteiger charge is 2.23. The molecule has 106 valence electrons. The molecule has 1 aromatic heterocycles. The Labute approximate surface area is 123 Å². The fraction of sp³-hybridized carbons (Fsp3) is 0.615. The third-order valence-electron chi connectivity index (χ3n) is 3.36. The monoisotopic (exact) mass is 346 g/mol. The molecule has 1 aliphatic rings. The summed E-state index contributed by atoms with van der Waals surface area (Å²) in [5, 5.41) is 0. The second-order valence-corrected chi connectivity index (χ2v) is 8.13. The molecular formula is C13H19BrN2O2S. The second-order valence-electron chi connectivity index (χ2n) is 4.96. The zero-order valence-corrected chi connectivity index (χ0v) is 13.2. The van der Waals surface area contributed by atoms with Crippen LogP contribution in [0.25, 0.3) is 0 Å². The second kappa shape index (κ2) is 6.81. The number of aromatic nitrogens is 1. The van der Waals surface area contributed by atoms with Crippen molar-refractivity contribution in [2.75, 3.05) is 5.75 Å². The van der Waals surface area contributed by atoms with E-state index >= 15 is 0 Å². The van der Waals surface area contributed by atoms with Crippen LogP contribution in [-0.4, -0.2) is 30.0 Å². The van der Waals surface area contributed by atoms with E-state index in [-0.39, 0.29) is 11.8 Å². The Morgan fingerprint density at radius 3 is 2.63 bits per heavy atom. The number of hydrogen-bond acceptors (Lipinski definition) is 3. The lowest BCUT2D eigenvalue weighted by Crippen LogP contribution is -2.39. The third kappa shape index (κ3) is 5.20. The molecule has 0 bridgehead atoms. The average Bonchev–Trinajstić information content (AvgIpc) is 2.40. The fourth-order valence-electron chi connectivity index (χ4n) is 2.27. The standard InChI is InChI=1S/C13H19BrN2O2S/c14-11-4-6-13(7-5-11)16-19(17,18)10-8-12-3-1-2-9-15-12/h1-3,9,11,13,16H,4-8,10H2. The average molecular weight is 347 g/mol. The lowest BCUT2D eigenvalue weighted by Gasteiger charge is -2.25. The minimum absolute atomic E-state index is 0.0996. The summed E-state index contributed by atoms with van der Waals surface area (Å²) in [4.78, 5) is 4.68. The highest BCUT2D eigenvalue weighted by molar-refractivity contribution is 9.09. The van der Waals surface area contributed by atoms with Crippen molar-refractivity contribution in [1.29, 1.82) is 0 Å². The lowest BCUT2D eigenvalue weighted by molar-refractivity contribution is 0.422. The largest absolute Gasteiger partial charge is 0.261 e. The molecule has 1 aliphatic carbocycles. The summed E-state index contributed by atoms with van der Waals surface area (Å²) < 4.78 is 26.8. The number of nitrogens with one attached hydrogen (secondary N) is 1. The molecule has 0 aliphatic heterocycles. The molecule has 0 saturated heterocycles. The van der Waals surface area contributed by atoms with Crippen LogP contribution in [0.1, 0.15) is 31.4 Å². The van der Waals surface area contributed by atoms with Crippen molar-refractivity contribution in [3.05, 3.63) is 30.1 Å². The van der Waals surface area contributed by atoms with Crippen molar-refractivity contribution in [3.8, 4) is 0 Å². The first-order chi connectivity index (χ1) is 9.05. The predicted molar refractivity (Wildman–Crippen MR) is 79.8 cm³/mol. The van der Waals surface area contributed by atoms with Crippen LogP contribution in [0, 0.1) is 0 Å². The van der Waals surface area contributed by atoms with E-state index < -0.39 is 10.0 Å².